The van der Waals surface area contributed by atoms with Gasteiger partial charge >= 0.3 is 0 Å². The van der Waals surface area contributed by atoms with Gasteiger partial charge in [0.05, 0.1) is 36.5 Å². The van der Waals surface area contributed by atoms with Crippen molar-refractivity contribution in [3.63, 3.8) is 0 Å². The minimum absolute atomic E-state index is 0. The summed E-state index contributed by atoms with van der Waals surface area (Å²) in [5.41, 5.74) is 0. The van der Waals surface area contributed by atoms with Crippen LogP contribution >= 0.6 is 0 Å². The zero-order valence-corrected chi connectivity index (χ0v) is 21.9. The predicted octanol–water partition coefficient (Wildman–Crippen LogP) is 4.07. The van der Waals surface area contributed by atoms with Gasteiger partial charge in [0.25, 0.3) is 0 Å². The van der Waals surface area contributed by atoms with Gasteiger partial charge in [-0.25, -0.2) is 8.42 Å². The van der Waals surface area contributed by atoms with Crippen molar-refractivity contribution in [2.45, 2.75) is 103 Å². The fourth-order valence-electron chi connectivity index (χ4n) is 3.68. The van der Waals surface area contributed by atoms with Crippen LogP contribution in [0.15, 0.2) is 0 Å². The van der Waals surface area contributed by atoms with Crippen LogP contribution in [-0.4, -0.2) is 91.2 Å². The first-order valence-electron chi connectivity index (χ1n) is 11.1. The molecule has 0 aliphatic carbocycles. The number of likely N-dealkylation sites (N-methyl/N-ethyl adjacent to an activating group) is 1. The summed E-state index contributed by atoms with van der Waals surface area (Å²) in [5, 5.41) is 9.74. The number of nitrogens with zero attached hydrogens (tertiary/aromatic N) is 1. The van der Waals surface area contributed by atoms with Gasteiger partial charge in [-0.2, -0.15) is 0 Å². The molecule has 0 aromatic carbocycles. The normalized spacial score (nSPS) is 13.3. The Morgan fingerprint density at radius 2 is 1.14 bits per heavy atom. The van der Waals surface area contributed by atoms with E-state index in [-0.39, 0.29) is 29.6 Å². The number of hydrogen-bond donors (Lipinski definition) is 1. The molecule has 0 saturated carbocycles. The maximum absolute atomic E-state index is 10.7. The molecule has 1 N–H and O–H groups in total. The molecule has 1 radical (unpaired) electrons. The Hall–Kier alpha value is 0.830. The monoisotopic (exact) mass is 430 g/mol. The molecule has 0 aromatic heterocycles. The molecular formula is C21H45NNaO4S. The molecule has 0 saturated heterocycles. The van der Waals surface area contributed by atoms with E-state index in [1.165, 1.54) is 83.5 Å². The molecule has 0 spiro atoms. The molecule has 0 fully saturated rings. The first kappa shape index (κ1) is 31.0. The Morgan fingerprint density at radius 3 is 1.50 bits per heavy atom. The van der Waals surface area contributed by atoms with Gasteiger partial charge in [-0.3, -0.25) is 0 Å². The second-order valence-electron chi connectivity index (χ2n) is 8.82. The average Bonchev–Trinajstić information content (AvgIpc) is 2.52. The molecule has 7 heteroatoms. The Bertz CT molecular complexity index is 444. The summed E-state index contributed by atoms with van der Waals surface area (Å²) in [6, 6.07) is 0. The van der Waals surface area contributed by atoms with Crippen LogP contribution in [0.1, 0.15) is 96.8 Å². The maximum atomic E-state index is 10.7. The summed E-state index contributed by atoms with van der Waals surface area (Å²) in [6.07, 6.45) is 17.5. The molecular weight excluding hydrogens is 385 g/mol. The van der Waals surface area contributed by atoms with Crippen LogP contribution < -0.4 is 0 Å². The van der Waals surface area contributed by atoms with Crippen molar-refractivity contribution in [2.75, 3.05) is 32.9 Å². The van der Waals surface area contributed by atoms with Crippen LogP contribution in [0.3, 0.4) is 0 Å². The Labute approximate surface area is 197 Å². The summed E-state index contributed by atoms with van der Waals surface area (Å²) < 4.78 is 32.7. The summed E-state index contributed by atoms with van der Waals surface area (Å²) in [4.78, 5) is 0. The Kier molecular flexibility index (Phi) is 20.6. The standard InChI is InChI=1S/C21H45NO4S.Na/c1-4-5-6-7-8-9-10-11-12-13-14-15-16-17-18-22(2,3)19-21(23)20-27(24,25)26;/h21,23H,4-20H2,1-3H3;. The molecule has 0 aromatic rings. The summed E-state index contributed by atoms with van der Waals surface area (Å²) in [5.74, 6) is -0.687. The van der Waals surface area contributed by atoms with E-state index in [2.05, 4.69) is 6.92 Å². The molecule has 0 bridgehead atoms. The first-order chi connectivity index (χ1) is 12.7. The van der Waals surface area contributed by atoms with Crippen LogP contribution in [0.5, 0.6) is 0 Å². The van der Waals surface area contributed by atoms with Crippen LogP contribution in [0.25, 0.3) is 0 Å². The van der Waals surface area contributed by atoms with Crippen LogP contribution in [0.2, 0.25) is 0 Å². The van der Waals surface area contributed by atoms with E-state index in [0.717, 1.165) is 13.0 Å². The average molecular weight is 431 g/mol. The molecule has 0 amide bonds. The SMILES string of the molecule is CCCCCCCCCCCCCCCC[N+](C)(C)CC(O)CS(=O)(=O)[O-].[Na]. The van der Waals surface area contributed by atoms with E-state index in [9.17, 15) is 18.1 Å². The zero-order valence-electron chi connectivity index (χ0n) is 19.1. The third kappa shape index (κ3) is 23.1. The second kappa shape index (κ2) is 18.6. The number of rotatable bonds is 19. The van der Waals surface area contributed by atoms with Gasteiger partial charge in [0.1, 0.15) is 12.6 Å². The quantitative estimate of drug-likeness (QED) is 0.145. The molecule has 5 nitrogen and oxygen atoms in total. The molecule has 0 rings (SSSR count). The van der Waals surface area contributed by atoms with Crippen molar-refractivity contribution >= 4 is 39.7 Å². The fraction of sp³-hybridized carbons (Fsp3) is 1.00. The topological polar surface area (TPSA) is 77.4 Å². The van der Waals surface area contributed by atoms with E-state index >= 15 is 0 Å². The van der Waals surface area contributed by atoms with E-state index in [4.69, 9.17) is 0 Å². The molecule has 1 atom stereocenters. The van der Waals surface area contributed by atoms with Gasteiger partial charge in [0.2, 0.25) is 0 Å². The van der Waals surface area contributed by atoms with Crippen molar-refractivity contribution in [1.29, 1.82) is 0 Å². The van der Waals surface area contributed by atoms with Crippen LogP contribution in [0, 0.1) is 0 Å². The number of unbranched alkanes of at least 4 members (excludes halogenated alkanes) is 13. The van der Waals surface area contributed by atoms with Gasteiger partial charge in [0, 0.05) is 29.6 Å². The van der Waals surface area contributed by atoms with Crippen molar-refractivity contribution in [2.24, 2.45) is 0 Å². The fourth-order valence-corrected chi connectivity index (χ4v) is 4.26. The van der Waals surface area contributed by atoms with Crippen molar-refractivity contribution in [1.82, 2.24) is 0 Å². The van der Waals surface area contributed by atoms with Crippen molar-refractivity contribution < 1.29 is 22.6 Å². The van der Waals surface area contributed by atoms with Gasteiger partial charge in [-0.1, -0.05) is 84.0 Å². The van der Waals surface area contributed by atoms with Crippen molar-refractivity contribution in [3.05, 3.63) is 0 Å². The van der Waals surface area contributed by atoms with Crippen LogP contribution in [0.4, 0.5) is 0 Å². The summed E-state index contributed by atoms with van der Waals surface area (Å²) in [6.45, 7) is 3.46. The molecule has 0 heterocycles. The van der Waals surface area contributed by atoms with E-state index < -0.39 is 22.0 Å². The van der Waals surface area contributed by atoms with Gasteiger partial charge in [0.15, 0.2) is 0 Å². The van der Waals surface area contributed by atoms with Crippen LogP contribution in [-0.2, 0) is 10.1 Å². The molecule has 0 aliphatic rings. The molecule has 165 valence electrons. The predicted molar refractivity (Wildman–Crippen MR) is 118 cm³/mol. The molecule has 1 unspecified atom stereocenters. The Balaban J connectivity index is 0. The van der Waals surface area contributed by atoms with Gasteiger partial charge in [-0.05, 0) is 12.8 Å². The number of aliphatic hydroxyl groups excluding tert-OH is 1. The smallest absolute Gasteiger partial charge is 0.116 e. The van der Waals surface area contributed by atoms with Gasteiger partial charge < -0.3 is 14.1 Å². The minimum Gasteiger partial charge on any atom is -0.748 e. The van der Waals surface area contributed by atoms with Gasteiger partial charge in [-0.15, -0.1) is 0 Å². The largest absolute Gasteiger partial charge is 0.748 e. The summed E-state index contributed by atoms with van der Waals surface area (Å²) in [7, 11) is -0.405. The number of hydrogen-bond acceptors (Lipinski definition) is 4. The molecule has 28 heavy (non-hydrogen) atoms. The first-order valence-corrected chi connectivity index (χ1v) is 12.7. The van der Waals surface area contributed by atoms with E-state index in [1.807, 2.05) is 14.1 Å². The van der Waals surface area contributed by atoms with Crippen molar-refractivity contribution in [3.8, 4) is 0 Å². The van der Waals surface area contributed by atoms with E-state index in [1.54, 1.807) is 0 Å². The number of aliphatic hydroxyl groups is 1. The van der Waals surface area contributed by atoms with E-state index in [0.29, 0.717) is 11.0 Å². The molecule has 0 aliphatic heterocycles. The summed E-state index contributed by atoms with van der Waals surface area (Å²) >= 11 is 0. The number of quaternary nitrogens is 1. The third-order valence-corrected chi connectivity index (χ3v) is 6.01. The maximum Gasteiger partial charge on any atom is 0.116 e. The second-order valence-corrected chi connectivity index (χ2v) is 10.3. The Morgan fingerprint density at radius 1 is 0.786 bits per heavy atom. The third-order valence-electron chi connectivity index (χ3n) is 5.22. The zero-order chi connectivity index (χ0) is 20.6. The minimum atomic E-state index is -4.36.